The average molecular weight is 243 g/mol. The van der Waals surface area contributed by atoms with Crippen molar-refractivity contribution in [2.75, 3.05) is 0 Å². The van der Waals surface area contributed by atoms with Gasteiger partial charge in [-0.15, -0.1) is 0 Å². The summed E-state index contributed by atoms with van der Waals surface area (Å²) in [6.45, 7) is 0. The maximum absolute atomic E-state index is 0. The molecule has 0 amide bonds. The van der Waals surface area contributed by atoms with E-state index in [2.05, 4.69) is 0 Å². The Labute approximate surface area is 146 Å². The summed E-state index contributed by atoms with van der Waals surface area (Å²) in [6, 6.07) is 0. The van der Waals surface area contributed by atoms with Gasteiger partial charge in [0.25, 0.3) is 0 Å². The summed E-state index contributed by atoms with van der Waals surface area (Å²) in [4.78, 5) is 0. The molecular weight excluding hydrogens is 234 g/mol. The maximum Gasteiger partial charge on any atom is 2.00 e. The Balaban J connectivity index is 0. The van der Waals surface area contributed by atoms with Gasteiger partial charge in [-0.05, 0) is 0 Å². The van der Waals surface area contributed by atoms with Gasteiger partial charge in [-0.3, -0.25) is 0 Å². The van der Waals surface area contributed by atoms with Gasteiger partial charge in [0.2, 0.25) is 0 Å². The largest absolute Gasteiger partial charge is 2.00 e. The van der Waals surface area contributed by atoms with Crippen molar-refractivity contribution in [1.82, 2.24) is 0 Å². The molecule has 0 nitrogen and oxygen atoms in total. The van der Waals surface area contributed by atoms with E-state index in [0.29, 0.717) is 0 Å². The fraction of sp³-hybridized carbons (Fsp3) is 0. The van der Waals surface area contributed by atoms with Crippen LogP contribution in [0, 0.1) is 0 Å². The van der Waals surface area contributed by atoms with Gasteiger partial charge in [0.1, 0.15) is 0 Å². The van der Waals surface area contributed by atoms with Crippen LogP contribution in [0.1, 0.15) is 8.56 Å². The molecule has 5 heteroatoms. The Morgan fingerprint density at radius 2 is 1.20 bits per heavy atom. The zero-order chi connectivity index (χ0) is 0. The summed E-state index contributed by atoms with van der Waals surface area (Å²) >= 11 is 0. The SMILES string of the molecule is [AlH3].[Ca+2].[H-].[H-].[H-].[H-].[H-].[H-].[Mg+2].[Mn].[Sr+2]. The fourth-order valence-electron chi connectivity index (χ4n) is 0. The first-order valence-electron chi connectivity index (χ1n) is 0. The topological polar surface area (TPSA) is 0 Å². The third-order valence-electron chi connectivity index (χ3n) is 0. The summed E-state index contributed by atoms with van der Waals surface area (Å²) in [6.07, 6.45) is 0. The molecule has 0 saturated heterocycles. The Morgan fingerprint density at radius 1 is 1.20 bits per heavy atom. The quantitative estimate of drug-likeness (QED) is 0.447. The van der Waals surface area contributed by atoms with Crippen molar-refractivity contribution >= 4 is 124 Å². The number of rotatable bonds is 0. The Morgan fingerprint density at radius 3 is 1.20 bits per heavy atom. The van der Waals surface area contributed by atoms with E-state index < -0.39 is 0 Å². The normalized spacial score (nSPS) is 0. The van der Waals surface area contributed by atoms with Gasteiger partial charge in [0, 0.05) is 17.1 Å². The van der Waals surface area contributed by atoms with Crippen LogP contribution >= 0.6 is 0 Å². The van der Waals surface area contributed by atoms with Crippen LogP contribution in [0.4, 0.5) is 0 Å². The first-order chi connectivity index (χ1) is 0. The van der Waals surface area contributed by atoms with E-state index >= 15 is 0 Å². The van der Waals surface area contributed by atoms with Crippen molar-refractivity contribution < 1.29 is 25.6 Å². The van der Waals surface area contributed by atoms with Crippen molar-refractivity contribution in [3.63, 3.8) is 0 Å². The summed E-state index contributed by atoms with van der Waals surface area (Å²) in [5, 5.41) is 0. The molecule has 0 aromatic heterocycles. The van der Waals surface area contributed by atoms with E-state index in [-0.39, 0.29) is 149 Å². The van der Waals surface area contributed by atoms with Crippen LogP contribution < -0.4 is 0 Å². The summed E-state index contributed by atoms with van der Waals surface area (Å²) in [7, 11) is 0. The summed E-state index contributed by atoms with van der Waals surface area (Å²) in [5.41, 5.74) is 0. The Hall–Kier alpha value is 4.56. The van der Waals surface area contributed by atoms with Crippen LogP contribution in [0.3, 0.4) is 0 Å². The Bertz CT molecular complexity index is 22.5. The van der Waals surface area contributed by atoms with E-state index in [1.54, 1.807) is 0 Å². The zero-order valence-electron chi connectivity index (χ0n) is 8.50. The minimum Gasteiger partial charge on any atom is -1.00 e. The van der Waals surface area contributed by atoms with Crippen molar-refractivity contribution in [2.45, 2.75) is 0 Å². The second kappa shape index (κ2) is 23.5. The number of hydrogen-bond acceptors (Lipinski definition) is 0. The van der Waals surface area contributed by atoms with Gasteiger partial charge >= 0.3 is 106 Å². The van der Waals surface area contributed by atoms with Crippen molar-refractivity contribution in [3.8, 4) is 0 Å². The standard InChI is InChI=1S/Al.Ca.Mg.Mn.Sr.9H/q;2*+2;;+2;;;;6*-1. The molecule has 0 saturated carbocycles. The molecule has 0 rings (SSSR count). The van der Waals surface area contributed by atoms with Crippen molar-refractivity contribution in [3.05, 3.63) is 0 Å². The third kappa shape index (κ3) is 17.7. The van der Waals surface area contributed by atoms with Gasteiger partial charge in [0.05, 0.1) is 0 Å². The van der Waals surface area contributed by atoms with E-state index in [1.807, 2.05) is 0 Å². The molecule has 5 heavy (non-hydrogen) atoms. The van der Waals surface area contributed by atoms with Gasteiger partial charge in [-0.2, -0.15) is 0 Å². The summed E-state index contributed by atoms with van der Waals surface area (Å²) in [5.74, 6) is 0. The molecule has 0 aliphatic rings. The molecule has 0 heterocycles. The molecule has 0 bridgehead atoms. The second-order valence-electron chi connectivity index (χ2n) is 0. The molecule has 0 aliphatic heterocycles. The van der Waals surface area contributed by atoms with Gasteiger partial charge in [-0.25, -0.2) is 0 Å². The van der Waals surface area contributed by atoms with Crippen LogP contribution in [0.25, 0.3) is 0 Å². The summed E-state index contributed by atoms with van der Waals surface area (Å²) < 4.78 is 0. The molecule has 0 unspecified atom stereocenters. The monoisotopic (exact) mass is 243 g/mol. The molecule has 0 N–H and O–H groups in total. The second-order valence-corrected chi connectivity index (χ2v) is 0. The average Bonchev–Trinajstić information content (AvgIpc) is 0. The van der Waals surface area contributed by atoms with Crippen LogP contribution in [-0.2, 0) is 17.1 Å². The smallest absolute Gasteiger partial charge is 1.00 e. The van der Waals surface area contributed by atoms with Crippen LogP contribution in [0.2, 0.25) is 0 Å². The molecule has 0 atom stereocenters. The van der Waals surface area contributed by atoms with E-state index in [1.165, 1.54) is 0 Å². The zero-order valence-corrected chi connectivity index (χ0v) is 10.8. The molecule has 1 radical (unpaired) electrons. The molecule has 0 aromatic rings. The first-order valence-corrected chi connectivity index (χ1v) is 0. The van der Waals surface area contributed by atoms with E-state index in [0.717, 1.165) is 0 Å². The van der Waals surface area contributed by atoms with Crippen molar-refractivity contribution in [1.29, 1.82) is 0 Å². The molecule has 0 spiro atoms. The van der Waals surface area contributed by atoms with E-state index in [9.17, 15) is 0 Å². The van der Waals surface area contributed by atoms with Crippen LogP contribution in [0.15, 0.2) is 0 Å². The molecular formula is H9AlCaMgMnSr. The van der Waals surface area contributed by atoms with Gasteiger partial charge in [0.15, 0.2) is 17.4 Å². The maximum atomic E-state index is 0. The molecule has 0 fully saturated rings. The Kier molecular flexibility index (Phi) is 159. The minimum atomic E-state index is 0. The van der Waals surface area contributed by atoms with Gasteiger partial charge < -0.3 is 8.56 Å². The van der Waals surface area contributed by atoms with Crippen LogP contribution in [0.5, 0.6) is 0 Å². The molecule has 0 aromatic carbocycles. The van der Waals surface area contributed by atoms with E-state index in [4.69, 9.17) is 0 Å². The fourth-order valence-corrected chi connectivity index (χ4v) is 0. The minimum absolute atomic E-state index is 0. The van der Waals surface area contributed by atoms with Crippen molar-refractivity contribution in [2.24, 2.45) is 0 Å². The molecule has 0 aliphatic carbocycles. The predicted molar refractivity (Wildman–Crippen MR) is 33.9 cm³/mol. The predicted octanol–water partition coefficient (Wildman–Crippen LogP) is -1.65. The third-order valence-corrected chi connectivity index (χ3v) is 0. The van der Waals surface area contributed by atoms with Gasteiger partial charge in [-0.1, -0.05) is 0 Å². The van der Waals surface area contributed by atoms with Crippen LogP contribution in [-0.4, -0.2) is 124 Å². The first kappa shape index (κ1) is 33.7. The molecule has 25 valence electrons. The number of hydrogen-bond donors (Lipinski definition) is 0.